The number of likely N-dealkylation sites (tertiary alicyclic amines) is 1. The van der Waals surface area contributed by atoms with E-state index in [9.17, 15) is 4.79 Å². The van der Waals surface area contributed by atoms with Crippen LogP contribution in [0, 0.1) is 0 Å². The first-order chi connectivity index (χ1) is 13.8. The third-order valence-corrected chi connectivity index (χ3v) is 6.25. The Kier molecular flexibility index (Phi) is 6.06. The van der Waals surface area contributed by atoms with Crippen LogP contribution in [0.4, 0.5) is 0 Å². The molecule has 1 N–H and O–H groups in total. The number of aromatic nitrogens is 3. The fourth-order valence-corrected chi connectivity index (χ4v) is 4.30. The maximum atomic E-state index is 12.9. The molecule has 8 heteroatoms. The molecule has 5 rings (SSSR count). The van der Waals surface area contributed by atoms with Gasteiger partial charge >= 0.3 is 0 Å². The number of carbonyl (C=O) groups excluding carboxylic acids is 1. The highest BCUT2D eigenvalue weighted by Crippen LogP contribution is 2.29. The lowest BCUT2D eigenvalue weighted by atomic mass is 9.95. The summed E-state index contributed by atoms with van der Waals surface area (Å²) in [6, 6.07) is 7.64. The number of halogens is 1. The molecule has 1 aromatic heterocycles. The molecule has 0 unspecified atom stereocenters. The van der Waals surface area contributed by atoms with E-state index in [0.29, 0.717) is 12.0 Å². The average Bonchev–Trinajstić information content (AvgIpc) is 3.15. The molecule has 1 aromatic carbocycles. The third-order valence-electron chi connectivity index (χ3n) is 6.25. The van der Waals surface area contributed by atoms with Crippen LogP contribution in [0.5, 0.6) is 5.75 Å². The Labute approximate surface area is 177 Å². The monoisotopic (exact) mass is 417 g/mol. The lowest BCUT2D eigenvalue weighted by Gasteiger charge is -2.32. The summed E-state index contributed by atoms with van der Waals surface area (Å²) in [6.07, 6.45) is 5.79. The van der Waals surface area contributed by atoms with Crippen LogP contribution in [-0.4, -0.2) is 51.3 Å². The number of amides is 1. The summed E-state index contributed by atoms with van der Waals surface area (Å²) in [6.45, 7) is 4.24. The van der Waals surface area contributed by atoms with Crippen molar-refractivity contribution in [1.29, 1.82) is 0 Å². The Hall–Kier alpha value is -2.12. The molecule has 3 aliphatic rings. The molecule has 29 heavy (non-hydrogen) atoms. The highest BCUT2D eigenvalue weighted by molar-refractivity contribution is 5.94. The number of rotatable bonds is 4. The summed E-state index contributed by atoms with van der Waals surface area (Å²) in [5, 5.41) is 12.1. The number of piperidine rings is 1. The van der Waals surface area contributed by atoms with Crippen molar-refractivity contribution in [3.05, 3.63) is 41.5 Å². The molecule has 3 heterocycles. The molecule has 0 bridgehead atoms. The van der Waals surface area contributed by atoms with E-state index >= 15 is 0 Å². The molecule has 1 amide bonds. The van der Waals surface area contributed by atoms with E-state index in [0.717, 1.165) is 81.4 Å². The van der Waals surface area contributed by atoms with Crippen LogP contribution in [0.1, 0.15) is 60.0 Å². The second-order valence-corrected chi connectivity index (χ2v) is 8.06. The van der Waals surface area contributed by atoms with Crippen LogP contribution in [0.25, 0.3) is 0 Å². The third kappa shape index (κ3) is 4.12. The van der Waals surface area contributed by atoms with E-state index in [1.165, 1.54) is 6.42 Å². The summed E-state index contributed by atoms with van der Waals surface area (Å²) >= 11 is 0. The lowest BCUT2D eigenvalue weighted by molar-refractivity contribution is 0.0710. The maximum Gasteiger partial charge on any atom is 0.253 e. The summed E-state index contributed by atoms with van der Waals surface area (Å²) in [5.41, 5.74) is 0.741. The van der Waals surface area contributed by atoms with Crippen molar-refractivity contribution >= 4 is 18.3 Å². The van der Waals surface area contributed by atoms with Gasteiger partial charge in [0.05, 0.1) is 12.6 Å². The fourth-order valence-electron chi connectivity index (χ4n) is 4.30. The van der Waals surface area contributed by atoms with Gasteiger partial charge in [-0.15, -0.1) is 22.6 Å². The van der Waals surface area contributed by atoms with Gasteiger partial charge in [-0.1, -0.05) is 0 Å². The minimum absolute atomic E-state index is 0. The van der Waals surface area contributed by atoms with E-state index in [2.05, 4.69) is 20.1 Å². The number of nitrogens with one attached hydrogen (secondary N) is 1. The minimum atomic E-state index is 0. The van der Waals surface area contributed by atoms with Gasteiger partial charge in [0.15, 0.2) is 0 Å². The van der Waals surface area contributed by atoms with Gasteiger partial charge in [-0.25, -0.2) is 0 Å². The van der Waals surface area contributed by atoms with Gasteiger partial charge in [-0.2, -0.15) is 0 Å². The van der Waals surface area contributed by atoms with Gasteiger partial charge in [0.25, 0.3) is 5.91 Å². The van der Waals surface area contributed by atoms with Crippen molar-refractivity contribution in [2.75, 3.05) is 19.6 Å². The van der Waals surface area contributed by atoms with Gasteiger partial charge in [0.1, 0.15) is 17.4 Å². The zero-order valence-corrected chi connectivity index (χ0v) is 17.4. The highest BCUT2D eigenvalue weighted by atomic mass is 35.5. The molecule has 0 atom stereocenters. The second-order valence-electron chi connectivity index (χ2n) is 8.06. The van der Waals surface area contributed by atoms with E-state index in [1.807, 2.05) is 29.2 Å². The van der Waals surface area contributed by atoms with Crippen LogP contribution in [0.3, 0.4) is 0 Å². The zero-order valence-electron chi connectivity index (χ0n) is 16.5. The first-order valence-corrected chi connectivity index (χ1v) is 10.5. The smallest absolute Gasteiger partial charge is 0.253 e. The topological polar surface area (TPSA) is 72.3 Å². The summed E-state index contributed by atoms with van der Waals surface area (Å²) < 4.78 is 8.15. The summed E-state index contributed by atoms with van der Waals surface area (Å²) in [7, 11) is 0. The lowest BCUT2D eigenvalue weighted by Crippen LogP contribution is -2.38. The Morgan fingerprint density at radius 1 is 1.03 bits per heavy atom. The number of nitrogens with zero attached hydrogens (tertiary/aromatic N) is 4. The van der Waals surface area contributed by atoms with Gasteiger partial charge in [-0.05, 0) is 56.4 Å². The second kappa shape index (κ2) is 8.71. The highest BCUT2D eigenvalue weighted by Gasteiger charge is 2.29. The number of hydrogen-bond donors (Lipinski definition) is 1. The standard InChI is InChI=1S/C21H27N5O2.ClH/c27-21(16-4-6-18(7-5-16)28-17-2-1-3-17)25-11-8-15(9-12-25)20-24-23-19-14-22-10-13-26(19)20;/h4-7,15,17,22H,1-3,8-14H2;1H. The van der Waals surface area contributed by atoms with Crippen molar-refractivity contribution in [2.45, 2.75) is 57.2 Å². The van der Waals surface area contributed by atoms with Crippen LogP contribution in [0.2, 0.25) is 0 Å². The van der Waals surface area contributed by atoms with Crippen molar-refractivity contribution < 1.29 is 9.53 Å². The van der Waals surface area contributed by atoms with Crippen molar-refractivity contribution in [2.24, 2.45) is 0 Å². The summed E-state index contributed by atoms with van der Waals surface area (Å²) in [4.78, 5) is 14.8. The summed E-state index contributed by atoms with van der Waals surface area (Å²) in [5.74, 6) is 3.50. The largest absolute Gasteiger partial charge is 0.490 e. The normalized spacial score (nSPS) is 19.8. The van der Waals surface area contributed by atoms with E-state index in [1.54, 1.807) is 0 Å². The Morgan fingerprint density at radius 2 is 1.79 bits per heavy atom. The Bertz CT molecular complexity index is 841. The molecule has 0 radical (unpaired) electrons. The maximum absolute atomic E-state index is 12.9. The molecule has 2 aromatic rings. The number of hydrogen-bond acceptors (Lipinski definition) is 5. The minimum Gasteiger partial charge on any atom is -0.490 e. The molecular formula is C21H28ClN5O2. The molecule has 156 valence electrons. The Morgan fingerprint density at radius 3 is 2.48 bits per heavy atom. The number of carbonyl (C=O) groups is 1. The van der Waals surface area contributed by atoms with Crippen molar-refractivity contribution in [3.63, 3.8) is 0 Å². The zero-order chi connectivity index (χ0) is 18.9. The number of benzene rings is 1. The molecule has 2 aliphatic heterocycles. The number of ether oxygens (including phenoxy) is 1. The average molecular weight is 418 g/mol. The van der Waals surface area contributed by atoms with Crippen LogP contribution in [0.15, 0.2) is 24.3 Å². The van der Waals surface area contributed by atoms with Gasteiger partial charge in [0.2, 0.25) is 0 Å². The van der Waals surface area contributed by atoms with Crippen molar-refractivity contribution in [3.8, 4) is 5.75 Å². The SMILES string of the molecule is Cl.O=C(c1ccc(OC2CCC2)cc1)N1CCC(c2nnc3n2CCNC3)CC1. The van der Waals surface area contributed by atoms with Crippen LogP contribution < -0.4 is 10.1 Å². The van der Waals surface area contributed by atoms with E-state index in [-0.39, 0.29) is 18.3 Å². The van der Waals surface area contributed by atoms with Crippen LogP contribution in [-0.2, 0) is 13.1 Å². The first-order valence-electron chi connectivity index (χ1n) is 10.5. The van der Waals surface area contributed by atoms with E-state index in [4.69, 9.17) is 4.74 Å². The van der Waals surface area contributed by atoms with Gasteiger partial charge in [-0.3, -0.25) is 4.79 Å². The molecule has 1 saturated carbocycles. The van der Waals surface area contributed by atoms with Gasteiger partial charge < -0.3 is 19.5 Å². The predicted molar refractivity (Wildman–Crippen MR) is 112 cm³/mol. The molecular weight excluding hydrogens is 390 g/mol. The van der Waals surface area contributed by atoms with Crippen LogP contribution >= 0.6 is 12.4 Å². The fraction of sp³-hybridized carbons (Fsp3) is 0.571. The first kappa shape index (κ1) is 20.2. The molecule has 7 nitrogen and oxygen atoms in total. The molecule has 0 spiro atoms. The Balaban J connectivity index is 0.00000205. The molecule has 2 fully saturated rings. The molecule has 1 saturated heterocycles. The number of fused-ring (bicyclic) bond motifs is 1. The predicted octanol–water partition coefficient (Wildman–Crippen LogP) is 2.75. The molecule has 1 aliphatic carbocycles. The quantitative estimate of drug-likeness (QED) is 0.828. The van der Waals surface area contributed by atoms with E-state index < -0.39 is 0 Å². The van der Waals surface area contributed by atoms with Gasteiger partial charge in [0, 0.05) is 37.7 Å². The van der Waals surface area contributed by atoms with Crippen molar-refractivity contribution in [1.82, 2.24) is 25.0 Å².